The topological polar surface area (TPSA) is 54.9 Å². The number of hydrogen-bond acceptors (Lipinski definition) is 4. The standard InChI is InChI=1S/C7H10ClN3OS/c1-3-5-10-11-7(13-5)9-6(12)4(2)8/h4H,3H2,1-2H3,(H,9,11,12). The fourth-order valence-corrected chi connectivity index (χ4v) is 1.39. The molecule has 1 heterocycles. The van der Waals surface area contributed by atoms with E-state index in [0.29, 0.717) is 5.13 Å². The predicted octanol–water partition coefficient (Wildman–Crippen LogP) is 1.67. The Balaban J connectivity index is 2.59. The van der Waals surface area contributed by atoms with Gasteiger partial charge in [-0.3, -0.25) is 10.1 Å². The maximum Gasteiger partial charge on any atom is 0.243 e. The zero-order chi connectivity index (χ0) is 9.84. The first-order valence-corrected chi connectivity index (χ1v) is 5.16. The summed E-state index contributed by atoms with van der Waals surface area (Å²) in [5.41, 5.74) is 0. The molecule has 0 fully saturated rings. The summed E-state index contributed by atoms with van der Waals surface area (Å²) in [6.45, 7) is 3.59. The molecule has 6 heteroatoms. The van der Waals surface area contributed by atoms with Crippen LogP contribution >= 0.6 is 22.9 Å². The molecule has 0 radical (unpaired) electrons. The molecule has 4 nitrogen and oxygen atoms in total. The van der Waals surface area contributed by atoms with Crippen molar-refractivity contribution in [3.05, 3.63) is 5.01 Å². The van der Waals surface area contributed by atoms with Gasteiger partial charge in [-0.25, -0.2) is 0 Å². The molecular weight excluding hydrogens is 210 g/mol. The number of alkyl halides is 1. The number of halogens is 1. The molecular formula is C7H10ClN3OS. The lowest BCUT2D eigenvalue weighted by Crippen LogP contribution is -2.20. The Kier molecular flexibility index (Phi) is 3.62. The third kappa shape index (κ3) is 2.93. The normalized spacial score (nSPS) is 12.5. The second kappa shape index (κ2) is 4.53. The van der Waals surface area contributed by atoms with Gasteiger partial charge in [0.1, 0.15) is 10.4 Å². The molecule has 0 bridgehead atoms. The van der Waals surface area contributed by atoms with Crippen LogP contribution in [0.25, 0.3) is 0 Å². The van der Waals surface area contributed by atoms with E-state index in [1.807, 2.05) is 6.92 Å². The lowest BCUT2D eigenvalue weighted by Gasteiger charge is -2.00. The average Bonchev–Trinajstić information content (AvgIpc) is 2.52. The number of nitrogens with one attached hydrogen (secondary N) is 1. The lowest BCUT2D eigenvalue weighted by atomic mass is 10.4. The largest absolute Gasteiger partial charge is 0.299 e. The van der Waals surface area contributed by atoms with Crippen LogP contribution in [0.4, 0.5) is 5.13 Å². The summed E-state index contributed by atoms with van der Waals surface area (Å²) < 4.78 is 0. The highest BCUT2D eigenvalue weighted by molar-refractivity contribution is 7.15. The summed E-state index contributed by atoms with van der Waals surface area (Å²) in [6, 6.07) is 0. The quantitative estimate of drug-likeness (QED) is 0.787. The number of rotatable bonds is 3. The van der Waals surface area contributed by atoms with Crippen LogP contribution in [0.15, 0.2) is 0 Å². The Labute approximate surface area is 85.3 Å². The van der Waals surface area contributed by atoms with Crippen molar-refractivity contribution in [2.45, 2.75) is 25.6 Å². The van der Waals surface area contributed by atoms with E-state index in [1.54, 1.807) is 6.92 Å². The summed E-state index contributed by atoms with van der Waals surface area (Å²) in [7, 11) is 0. The summed E-state index contributed by atoms with van der Waals surface area (Å²) in [5, 5.41) is 11.1. The number of anilines is 1. The third-order valence-corrected chi connectivity index (χ3v) is 2.54. The van der Waals surface area contributed by atoms with Crippen LogP contribution in [-0.4, -0.2) is 21.5 Å². The van der Waals surface area contributed by atoms with Crippen molar-refractivity contribution < 1.29 is 4.79 Å². The Bertz CT molecular complexity index is 300. The summed E-state index contributed by atoms with van der Waals surface area (Å²) in [5.74, 6) is -0.250. The van der Waals surface area contributed by atoms with Crippen LogP contribution in [0.2, 0.25) is 0 Å². The third-order valence-electron chi connectivity index (χ3n) is 1.36. The van der Waals surface area contributed by atoms with E-state index < -0.39 is 5.38 Å². The molecule has 0 aliphatic heterocycles. The number of aromatic nitrogens is 2. The van der Waals surface area contributed by atoms with Crippen molar-refractivity contribution in [1.29, 1.82) is 0 Å². The van der Waals surface area contributed by atoms with Gasteiger partial charge in [-0.15, -0.1) is 21.8 Å². The average molecular weight is 220 g/mol. The van der Waals surface area contributed by atoms with E-state index in [9.17, 15) is 4.79 Å². The highest BCUT2D eigenvalue weighted by Gasteiger charge is 2.11. The van der Waals surface area contributed by atoms with E-state index >= 15 is 0 Å². The molecule has 1 rings (SSSR count). The van der Waals surface area contributed by atoms with Gasteiger partial charge in [0.15, 0.2) is 0 Å². The van der Waals surface area contributed by atoms with Crippen LogP contribution in [0, 0.1) is 0 Å². The molecule has 0 aliphatic carbocycles. The molecule has 72 valence electrons. The van der Waals surface area contributed by atoms with Gasteiger partial charge in [-0.2, -0.15) is 0 Å². The van der Waals surface area contributed by atoms with E-state index in [2.05, 4.69) is 15.5 Å². The van der Waals surface area contributed by atoms with E-state index in [4.69, 9.17) is 11.6 Å². The van der Waals surface area contributed by atoms with Crippen molar-refractivity contribution in [3.63, 3.8) is 0 Å². The maximum atomic E-state index is 11.1. The molecule has 1 amide bonds. The number of nitrogens with zero attached hydrogens (tertiary/aromatic N) is 2. The zero-order valence-corrected chi connectivity index (χ0v) is 8.95. The Hall–Kier alpha value is -0.680. The number of hydrogen-bond donors (Lipinski definition) is 1. The molecule has 0 saturated carbocycles. The van der Waals surface area contributed by atoms with Crippen LogP contribution in [0.3, 0.4) is 0 Å². The number of carbonyl (C=O) groups excluding carboxylic acids is 1. The SMILES string of the molecule is CCc1nnc(NC(=O)C(C)Cl)s1. The molecule has 0 spiro atoms. The monoisotopic (exact) mass is 219 g/mol. The van der Waals surface area contributed by atoms with Crippen LogP contribution in [0.5, 0.6) is 0 Å². The first-order chi connectivity index (χ1) is 6.13. The highest BCUT2D eigenvalue weighted by Crippen LogP contribution is 2.15. The van der Waals surface area contributed by atoms with Gasteiger partial charge in [0.2, 0.25) is 11.0 Å². The van der Waals surface area contributed by atoms with E-state index in [0.717, 1.165) is 11.4 Å². The molecule has 1 aromatic rings. The molecule has 0 aliphatic rings. The van der Waals surface area contributed by atoms with Crippen molar-refractivity contribution in [1.82, 2.24) is 10.2 Å². The molecule has 0 aromatic carbocycles. The van der Waals surface area contributed by atoms with Gasteiger partial charge in [0.05, 0.1) is 0 Å². The van der Waals surface area contributed by atoms with Gasteiger partial charge in [-0.1, -0.05) is 18.3 Å². The summed E-state index contributed by atoms with van der Waals surface area (Å²) >= 11 is 6.93. The second-order valence-corrected chi connectivity index (χ2v) is 4.18. The predicted molar refractivity (Wildman–Crippen MR) is 53.2 cm³/mol. The Morgan fingerprint density at radius 3 is 2.85 bits per heavy atom. The maximum absolute atomic E-state index is 11.1. The van der Waals surface area contributed by atoms with Crippen LogP contribution in [0.1, 0.15) is 18.9 Å². The van der Waals surface area contributed by atoms with Gasteiger partial charge in [0.25, 0.3) is 0 Å². The molecule has 1 atom stereocenters. The Morgan fingerprint density at radius 1 is 1.69 bits per heavy atom. The van der Waals surface area contributed by atoms with Gasteiger partial charge in [0, 0.05) is 0 Å². The molecule has 0 saturated heterocycles. The zero-order valence-electron chi connectivity index (χ0n) is 7.37. The van der Waals surface area contributed by atoms with Gasteiger partial charge < -0.3 is 0 Å². The number of aryl methyl sites for hydroxylation is 1. The Morgan fingerprint density at radius 2 is 2.38 bits per heavy atom. The smallest absolute Gasteiger partial charge is 0.243 e. The van der Waals surface area contributed by atoms with Crippen molar-refractivity contribution in [2.24, 2.45) is 0 Å². The van der Waals surface area contributed by atoms with Crippen molar-refractivity contribution >= 4 is 34.0 Å². The fourth-order valence-electron chi connectivity index (χ4n) is 0.652. The molecule has 1 unspecified atom stereocenters. The molecule has 1 aromatic heterocycles. The minimum Gasteiger partial charge on any atom is -0.299 e. The number of carbonyl (C=O) groups is 1. The minimum atomic E-state index is -0.547. The lowest BCUT2D eigenvalue weighted by molar-refractivity contribution is -0.115. The second-order valence-electron chi connectivity index (χ2n) is 2.46. The van der Waals surface area contributed by atoms with Crippen molar-refractivity contribution in [2.75, 3.05) is 5.32 Å². The van der Waals surface area contributed by atoms with Crippen molar-refractivity contribution in [3.8, 4) is 0 Å². The number of amides is 1. The van der Waals surface area contributed by atoms with Crippen LogP contribution < -0.4 is 5.32 Å². The van der Waals surface area contributed by atoms with Gasteiger partial charge in [-0.05, 0) is 13.3 Å². The fraction of sp³-hybridized carbons (Fsp3) is 0.571. The van der Waals surface area contributed by atoms with Gasteiger partial charge >= 0.3 is 0 Å². The van der Waals surface area contributed by atoms with E-state index in [1.165, 1.54) is 11.3 Å². The van der Waals surface area contributed by atoms with Crippen LogP contribution in [-0.2, 0) is 11.2 Å². The molecule has 1 N–H and O–H groups in total. The van der Waals surface area contributed by atoms with E-state index in [-0.39, 0.29) is 5.91 Å². The summed E-state index contributed by atoms with van der Waals surface area (Å²) in [6.07, 6.45) is 0.823. The molecule has 13 heavy (non-hydrogen) atoms. The highest BCUT2D eigenvalue weighted by atomic mass is 35.5. The minimum absolute atomic E-state index is 0.250. The first-order valence-electron chi connectivity index (χ1n) is 3.90. The first kappa shape index (κ1) is 10.4. The summed E-state index contributed by atoms with van der Waals surface area (Å²) in [4.78, 5) is 11.1.